The van der Waals surface area contributed by atoms with Crippen LogP contribution >= 0.6 is 0 Å². The van der Waals surface area contributed by atoms with Gasteiger partial charge < -0.3 is 15.2 Å². The third-order valence-corrected chi connectivity index (χ3v) is 3.86. The number of carboxylic acids is 1. The van der Waals surface area contributed by atoms with E-state index in [-0.39, 0.29) is 24.2 Å². The average molecular weight is 241 g/mol. The summed E-state index contributed by atoms with van der Waals surface area (Å²) in [5, 5.41) is 12.0. The molecule has 5 nitrogen and oxygen atoms in total. The van der Waals surface area contributed by atoms with Crippen LogP contribution in [0.4, 0.5) is 0 Å². The molecule has 0 aliphatic carbocycles. The first-order valence-corrected chi connectivity index (χ1v) is 6.23. The summed E-state index contributed by atoms with van der Waals surface area (Å²) in [5.74, 6) is -2.27. The number of fused-ring (bicyclic) bond motifs is 2. The molecule has 5 atom stereocenters. The second-order valence-electron chi connectivity index (χ2n) is 5.00. The molecule has 96 valence electrons. The van der Waals surface area contributed by atoms with Gasteiger partial charge in [0.2, 0.25) is 5.91 Å². The maximum Gasteiger partial charge on any atom is 0.310 e. The Morgan fingerprint density at radius 3 is 2.47 bits per heavy atom. The molecule has 0 aromatic rings. The number of hydrogen-bond donors (Lipinski definition) is 2. The van der Waals surface area contributed by atoms with E-state index >= 15 is 0 Å². The van der Waals surface area contributed by atoms with Crippen molar-refractivity contribution in [3.63, 3.8) is 0 Å². The van der Waals surface area contributed by atoms with Gasteiger partial charge in [0.1, 0.15) is 0 Å². The van der Waals surface area contributed by atoms with Crippen LogP contribution in [0.2, 0.25) is 0 Å². The fourth-order valence-corrected chi connectivity index (χ4v) is 2.77. The van der Waals surface area contributed by atoms with E-state index in [1.807, 2.05) is 13.8 Å². The van der Waals surface area contributed by atoms with E-state index in [9.17, 15) is 14.7 Å². The number of aliphatic carboxylic acids is 1. The quantitative estimate of drug-likeness (QED) is 0.762. The van der Waals surface area contributed by atoms with Crippen LogP contribution in [0.3, 0.4) is 0 Å². The first-order chi connectivity index (χ1) is 8.04. The number of amides is 1. The van der Waals surface area contributed by atoms with Gasteiger partial charge in [-0.05, 0) is 26.2 Å². The predicted octanol–water partition coefficient (Wildman–Crippen LogP) is 0.779. The van der Waals surface area contributed by atoms with E-state index in [0.29, 0.717) is 0 Å². The lowest BCUT2D eigenvalue weighted by Crippen LogP contribution is -2.46. The van der Waals surface area contributed by atoms with Crippen LogP contribution in [-0.2, 0) is 14.3 Å². The number of hydrogen-bond acceptors (Lipinski definition) is 3. The van der Waals surface area contributed by atoms with Gasteiger partial charge in [0.05, 0.1) is 24.0 Å². The van der Waals surface area contributed by atoms with Crippen molar-refractivity contribution in [3.05, 3.63) is 0 Å². The molecular weight excluding hydrogens is 222 g/mol. The topological polar surface area (TPSA) is 75.6 Å². The summed E-state index contributed by atoms with van der Waals surface area (Å²) in [6.07, 6.45) is 1.92. The van der Waals surface area contributed by atoms with Crippen LogP contribution in [0.25, 0.3) is 0 Å². The largest absolute Gasteiger partial charge is 0.481 e. The summed E-state index contributed by atoms with van der Waals surface area (Å²) in [6, 6.07) is 0.0797. The smallest absolute Gasteiger partial charge is 0.310 e. The number of carbonyl (C=O) groups is 2. The first-order valence-electron chi connectivity index (χ1n) is 6.23. The molecule has 0 unspecified atom stereocenters. The average Bonchev–Trinajstić information content (AvgIpc) is 2.87. The summed E-state index contributed by atoms with van der Waals surface area (Å²) in [6.45, 7) is 3.90. The minimum absolute atomic E-state index is 0.0797. The van der Waals surface area contributed by atoms with Gasteiger partial charge in [-0.1, -0.05) is 6.92 Å². The van der Waals surface area contributed by atoms with Crippen LogP contribution in [0.5, 0.6) is 0 Å². The molecule has 2 aliphatic heterocycles. The molecule has 2 saturated heterocycles. The Labute approximate surface area is 101 Å². The van der Waals surface area contributed by atoms with Gasteiger partial charge in [0, 0.05) is 6.04 Å². The molecule has 2 bridgehead atoms. The maximum atomic E-state index is 12.1. The molecule has 2 N–H and O–H groups in total. The number of ether oxygens (including phenoxy) is 1. The zero-order valence-electron chi connectivity index (χ0n) is 10.2. The second-order valence-corrected chi connectivity index (χ2v) is 5.00. The summed E-state index contributed by atoms with van der Waals surface area (Å²) in [5.41, 5.74) is 0. The van der Waals surface area contributed by atoms with Gasteiger partial charge >= 0.3 is 5.97 Å². The van der Waals surface area contributed by atoms with Gasteiger partial charge in [0.25, 0.3) is 0 Å². The standard InChI is InChI=1S/C12H19NO4/c1-3-6(2)13-11(14)9-7-4-5-8(17-7)10(9)12(15)16/h6-10H,3-5H2,1-2H3,(H,13,14)(H,15,16)/t6-,7+,8+,9+,10+/m1/s1. The van der Waals surface area contributed by atoms with E-state index in [0.717, 1.165) is 19.3 Å². The van der Waals surface area contributed by atoms with Crippen molar-refractivity contribution in [2.75, 3.05) is 0 Å². The van der Waals surface area contributed by atoms with Gasteiger partial charge in [-0.2, -0.15) is 0 Å². The lowest BCUT2D eigenvalue weighted by atomic mass is 9.78. The monoisotopic (exact) mass is 241 g/mol. The van der Waals surface area contributed by atoms with Crippen LogP contribution in [0.1, 0.15) is 33.1 Å². The molecule has 0 spiro atoms. The normalized spacial score (nSPS) is 36.8. The van der Waals surface area contributed by atoms with E-state index in [1.54, 1.807) is 0 Å². The molecule has 2 aliphatic rings. The molecule has 1 amide bonds. The predicted molar refractivity (Wildman–Crippen MR) is 60.4 cm³/mol. The molecular formula is C12H19NO4. The third kappa shape index (κ3) is 2.16. The van der Waals surface area contributed by atoms with Gasteiger partial charge in [-0.25, -0.2) is 0 Å². The maximum absolute atomic E-state index is 12.1. The van der Waals surface area contributed by atoms with Gasteiger partial charge in [-0.3, -0.25) is 9.59 Å². The van der Waals surface area contributed by atoms with E-state index < -0.39 is 17.8 Å². The zero-order chi connectivity index (χ0) is 12.6. The van der Waals surface area contributed by atoms with Crippen molar-refractivity contribution in [2.24, 2.45) is 11.8 Å². The molecule has 2 fully saturated rings. The summed E-state index contributed by atoms with van der Waals surface area (Å²) >= 11 is 0. The number of nitrogens with one attached hydrogen (secondary N) is 1. The summed E-state index contributed by atoms with van der Waals surface area (Å²) in [4.78, 5) is 23.3. The highest BCUT2D eigenvalue weighted by atomic mass is 16.5. The molecule has 17 heavy (non-hydrogen) atoms. The number of carboxylic acid groups (broad SMARTS) is 1. The van der Waals surface area contributed by atoms with Crippen LogP contribution in [0.15, 0.2) is 0 Å². The minimum atomic E-state index is -0.915. The SMILES string of the molecule is CC[C@@H](C)NC(=O)[C@@H]1[C@@H](C(=O)O)[C@@H]2CC[C@@H]1O2. The summed E-state index contributed by atoms with van der Waals surface area (Å²) in [7, 11) is 0. The fourth-order valence-electron chi connectivity index (χ4n) is 2.77. The molecule has 2 heterocycles. The highest BCUT2D eigenvalue weighted by molar-refractivity contribution is 5.86. The highest BCUT2D eigenvalue weighted by Gasteiger charge is 2.55. The van der Waals surface area contributed by atoms with E-state index in [4.69, 9.17) is 4.74 Å². The van der Waals surface area contributed by atoms with Crippen LogP contribution < -0.4 is 5.32 Å². The van der Waals surface area contributed by atoms with Crippen molar-refractivity contribution in [3.8, 4) is 0 Å². The van der Waals surface area contributed by atoms with Gasteiger partial charge in [0.15, 0.2) is 0 Å². The van der Waals surface area contributed by atoms with Crippen molar-refractivity contribution < 1.29 is 19.4 Å². The summed E-state index contributed by atoms with van der Waals surface area (Å²) < 4.78 is 5.55. The minimum Gasteiger partial charge on any atom is -0.481 e. The third-order valence-electron chi connectivity index (χ3n) is 3.86. The van der Waals surface area contributed by atoms with E-state index in [1.165, 1.54) is 0 Å². The number of rotatable bonds is 4. The lowest BCUT2D eigenvalue weighted by Gasteiger charge is -2.25. The Hall–Kier alpha value is -1.10. The van der Waals surface area contributed by atoms with Crippen molar-refractivity contribution in [1.82, 2.24) is 5.32 Å². The van der Waals surface area contributed by atoms with Crippen molar-refractivity contribution >= 4 is 11.9 Å². The Kier molecular flexibility index (Phi) is 3.38. The second kappa shape index (κ2) is 4.64. The van der Waals surface area contributed by atoms with Crippen LogP contribution in [0, 0.1) is 11.8 Å². The zero-order valence-corrected chi connectivity index (χ0v) is 10.2. The van der Waals surface area contributed by atoms with E-state index in [2.05, 4.69) is 5.32 Å². The van der Waals surface area contributed by atoms with Crippen LogP contribution in [-0.4, -0.2) is 35.2 Å². The Morgan fingerprint density at radius 1 is 1.35 bits per heavy atom. The Morgan fingerprint density at radius 2 is 1.94 bits per heavy atom. The molecule has 0 radical (unpaired) electrons. The fraction of sp³-hybridized carbons (Fsp3) is 0.833. The lowest BCUT2D eigenvalue weighted by molar-refractivity contribution is -0.148. The van der Waals surface area contributed by atoms with Crippen molar-refractivity contribution in [2.45, 2.75) is 51.4 Å². The Balaban J connectivity index is 2.08. The van der Waals surface area contributed by atoms with Gasteiger partial charge in [-0.15, -0.1) is 0 Å². The first kappa shape index (κ1) is 12.4. The molecule has 5 heteroatoms. The molecule has 2 rings (SSSR count). The highest BCUT2D eigenvalue weighted by Crippen LogP contribution is 2.43. The Bertz CT molecular complexity index is 330. The molecule has 0 saturated carbocycles. The number of carbonyl (C=O) groups excluding carboxylic acids is 1. The van der Waals surface area contributed by atoms with Crippen molar-refractivity contribution in [1.29, 1.82) is 0 Å². The molecule has 0 aromatic heterocycles. The molecule has 0 aromatic carbocycles.